The summed E-state index contributed by atoms with van der Waals surface area (Å²) in [7, 11) is 0. The zero-order chi connectivity index (χ0) is 52.6. The number of halogens is 11. The highest BCUT2D eigenvalue weighted by Gasteiger charge is 2.21. The predicted octanol–water partition coefficient (Wildman–Crippen LogP) is 18.7. The molecule has 0 fully saturated rings. The molecule has 20 heteroatoms. The summed E-state index contributed by atoms with van der Waals surface area (Å²) in [5.74, 6) is 0. The number of hydrogen-bond acceptors (Lipinski definition) is 6. The van der Waals surface area contributed by atoms with Crippen molar-refractivity contribution in [3.05, 3.63) is 260 Å². The molecule has 3 unspecified atom stereocenters. The van der Waals surface area contributed by atoms with E-state index < -0.39 is 0 Å². The Balaban J connectivity index is 0.000000162. The first-order valence-corrected chi connectivity index (χ1v) is 26.5. The molecule has 0 bridgehead atoms. The van der Waals surface area contributed by atoms with Crippen LogP contribution in [0.3, 0.4) is 0 Å². The second-order valence-corrected chi connectivity index (χ2v) is 20.9. The predicted molar refractivity (Wildman–Crippen MR) is 303 cm³/mol. The summed E-state index contributed by atoms with van der Waals surface area (Å²) in [5, 5.41) is 6.43. The number of rotatable bonds is 18. The Morgan fingerprint density at radius 1 is 0.365 bits per heavy atom. The van der Waals surface area contributed by atoms with E-state index in [1.165, 1.54) is 0 Å². The molecule has 3 heterocycles. The molecule has 0 spiro atoms. The van der Waals surface area contributed by atoms with Crippen LogP contribution in [0.2, 0.25) is 55.2 Å². The number of hydrogen-bond donors (Lipinski definition) is 0. The fourth-order valence-corrected chi connectivity index (χ4v) is 9.92. The normalized spacial score (nSPS) is 12.3. The van der Waals surface area contributed by atoms with Crippen LogP contribution >= 0.6 is 128 Å². The van der Waals surface area contributed by atoms with Crippen LogP contribution in [0.1, 0.15) is 51.7 Å². The Labute approximate surface area is 484 Å². The lowest BCUT2D eigenvalue weighted by molar-refractivity contribution is 0.0280. The molecule has 3 atom stereocenters. The van der Waals surface area contributed by atoms with Gasteiger partial charge in [0.15, 0.2) is 0 Å². The lowest BCUT2D eigenvalue weighted by Crippen LogP contribution is -2.13. The summed E-state index contributed by atoms with van der Waals surface area (Å²) in [4.78, 5) is 12.2. The second-order valence-electron chi connectivity index (χ2n) is 16.2. The van der Waals surface area contributed by atoms with Gasteiger partial charge in [-0.15, -0.1) is 0 Å². The van der Waals surface area contributed by atoms with E-state index in [0.717, 1.165) is 33.4 Å². The SMILES string of the molecule is Clc1ccc(C(Cn2ccnc2)OCc2c(Cl)cccc2Cl)c(Cl)c1.Clc1ccc(COC(Cn2ccnc2)c2ccc(Cl)cc2Cl)c(Cl)c1.Clc1ccc(COC(Cn2ccnc2)c2ccc(Cl)cc2Cl)cc1. The smallest absolute Gasteiger partial charge is 0.102 e. The molecule has 6 aromatic carbocycles. The second kappa shape index (κ2) is 29.0. The van der Waals surface area contributed by atoms with E-state index >= 15 is 0 Å². The molecule has 9 aromatic rings. The Morgan fingerprint density at radius 3 is 1.11 bits per heavy atom. The fourth-order valence-electron chi connectivity index (χ4n) is 7.23. The zero-order valence-corrected chi connectivity index (χ0v) is 47.0. The number of aromatic nitrogens is 6. The minimum absolute atomic E-state index is 0.223. The molecule has 0 saturated heterocycles. The van der Waals surface area contributed by atoms with E-state index in [1.54, 1.807) is 98.2 Å². The largest absolute Gasteiger partial charge is 0.367 e. The molecule has 9 rings (SSSR count). The van der Waals surface area contributed by atoms with Crippen LogP contribution in [0.5, 0.6) is 0 Å². The van der Waals surface area contributed by atoms with Gasteiger partial charge in [-0.1, -0.05) is 170 Å². The van der Waals surface area contributed by atoms with E-state index in [1.807, 2.05) is 86.9 Å². The molecular formula is C54H43Cl11N6O3. The third kappa shape index (κ3) is 17.5. The number of benzene rings is 6. The maximum Gasteiger partial charge on any atom is 0.102 e. The van der Waals surface area contributed by atoms with Gasteiger partial charge >= 0.3 is 0 Å². The highest BCUT2D eigenvalue weighted by Crippen LogP contribution is 2.35. The first-order chi connectivity index (χ1) is 35.7. The molecular weight excluding hydrogens is 1170 g/mol. The Bertz CT molecular complexity index is 3140. The Hall–Kier alpha value is -3.98. The molecule has 0 N–H and O–H groups in total. The maximum atomic E-state index is 6.37. The zero-order valence-electron chi connectivity index (χ0n) is 38.7. The minimum Gasteiger partial charge on any atom is -0.367 e. The summed E-state index contributed by atoms with van der Waals surface area (Å²) < 4.78 is 24.2. The van der Waals surface area contributed by atoms with Crippen LogP contribution in [0.4, 0.5) is 0 Å². The van der Waals surface area contributed by atoms with Crippen molar-refractivity contribution in [2.45, 2.75) is 57.8 Å². The van der Waals surface area contributed by atoms with Crippen LogP contribution in [0.25, 0.3) is 0 Å². The topological polar surface area (TPSA) is 81.1 Å². The van der Waals surface area contributed by atoms with Crippen molar-refractivity contribution >= 4 is 128 Å². The van der Waals surface area contributed by atoms with Gasteiger partial charge < -0.3 is 27.9 Å². The van der Waals surface area contributed by atoms with Gasteiger partial charge in [-0.2, -0.15) is 0 Å². The number of nitrogens with zero attached hydrogens (tertiary/aromatic N) is 6. The van der Waals surface area contributed by atoms with Crippen molar-refractivity contribution in [1.29, 1.82) is 0 Å². The molecule has 9 nitrogen and oxygen atoms in total. The molecule has 0 amide bonds. The summed E-state index contributed by atoms with van der Waals surface area (Å²) in [6.45, 7) is 2.76. The van der Waals surface area contributed by atoms with Crippen molar-refractivity contribution in [1.82, 2.24) is 28.7 Å². The fraction of sp³-hybridized carbons (Fsp3) is 0.167. The van der Waals surface area contributed by atoms with Gasteiger partial charge in [0.2, 0.25) is 0 Å². The molecule has 74 heavy (non-hydrogen) atoms. The third-order valence-corrected chi connectivity index (χ3v) is 14.3. The van der Waals surface area contributed by atoms with Crippen molar-refractivity contribution in [2.75, 3.05) is 0 Å². The third-order valence-electron chi connectivity index (χ3n) is 11.0. The summed E-state index contributed by atoms with van der Waals surface area (Å²) >= 11 is 67.7. The molecule has 0 aliphatic carbocycles. The molecule has 3 aromatic heterocycles. The monoisotopic (exact) mass is 1210 g/mol. The van der Waals surface area contributed by atoms with Gasteiger partial charge in [0.1, 0.15) is 18.3 Å². The average molecular weight is 1210 g/mol. The van der Waals surface area contributed by atoms with E-state index in [4.69, 9.17) is 142 Å². The van der Waals surface area contributed by atoms with Gasteiger partial charge in [0.25, 0.3) is 0 Å². The quantitative estimate of drug-likeness (QED) is 0.0851. The van der Waals surface area contributed by atoms with Crippen LogP contribution in [-0.2, 0) is 53.7 Å². The van der Waals surface area contributed by atoms with Crippen molar-refractivity contribution in [3.8, 4) is 0 Å². The summed E-state index contributed by atoms with van der Waals surface area (Å²) in [5.41, 5.74) is 5.22. The molecule has 0 aliphatic heterocycles. The van der Waals surface area contributed by atoms with E-state index in [-0.39, 0.29) is 24.9 Å². The van der Waals surface area contributed by atoms with Crippen LogP contribution < -0.4 is 0 Å². The van der Waals surface area contributed by atoms with Crippen LogP contribution in [0.15, 0.2) is 171 Å². The standard InChI is InChI=1S/2C18H14Cl4N2O.C18H15Cl3N2O/c19-13-2-1-12(16(21)7-13)10-25-18(9-24-6-5-23-11-24)15-4-3-14(20)8-17(15)22;19-12-4-5-13(17(22)8-12)18(9-24-7-6-23-11-24)25-10-14-15(20)2-1-3-16(14)21;19-14-3-1-13(2-4-14)11-24-18(10-23-8-7-22-12-23)16-6-5-15(20)9-17(16)21/h2*1-8,11,18H,9-10H2;1-9,12,18H,10-11H2. The van der Waals surface area contributed by atoms with Gasteiger partial charge in [-0.25, -0.2) is 15.0 Å². The highest BCUT2D eigenvalue weighted by molar-refractivity contribution is 6.37. The van der Waals surface area contributed by atoms with Crippen molar-refractivity contribution in [2.24, 2.45) is 0 Å². The van der Waals surface area contributed by atoms with Crippen molar-refractivity contribution < 1.29 is 14.2 Å². The number of imidazole rings is 3. The van der Waals surface area contributed by atoms with Gasteiger partial charge in [0.05, 0.1) is 58.4 Å². The van der Waals surface area contributed by atoms with E-state index in [0.29, 0.717) is 88.1 Å². The van der Waals surface area contributed by atoms with Gasteiger partial charge in [-0.05, 0) is 83.9 Å². The highest BCUT2D eigenvalue weighted by atomic mass is 35.5. The Kier molecular flexibility index (Phi) is 22.6. The van der Waals surface area contributed by atoms with Crippen LogP contribution in [0, 0.1) is 0 Å². The molecule has 384 valence electrons. The maximum absolute atomic E-state index is 6.37. The van der Waals surface area contributed by atoms with Gasteiger partial charge in [-0.3, -0.25) is 0 Å². The average Bonchev–Trinajstić information content (AvgIpc) is 4.20. The first kappa shape index (κ1) is 57.7. The first-order valence-electron chi connectivity index (χ1n) is 22.4. The number of ether oxygens (including phenoxy) is 3. The lowest BCUT2D eigenvalue weighted by Gasteiger charge is -2.21. The molecule has 0 saturated carbocycles. The summed E-state index contributed by atoms with van der Waals surface area (Å²) in [6, 6.07) is 34.4. The molecule has 0 radical (unpaired) electrons. The molecule has 0 aliphatic rings. The summed E-state index contributed by atoms with van der Waals surface area (Å²) in [6.07, 6.45) is 15.2. The van der Waals surface area contributed by atoms with E-state index in [2.05, 4.69) is 15.0 Å². The Morgan fingerprint density at radius 2 is 0.730 bits per heavy atom. The van der Waals surface area contributed by atoms with Gasteiger partial charge in [0, 0.05) is 115 Å². The van der Waals surface area contributed by atoms with E-state index in [9.17, 15) is 0 Å². The van der Waals surface area contributed by atoms with Crippen molar-refractivity contribution in [3.63, 3.8) is 0 Å². The minimum atomic E-state index is -0.314. The lowest BCUT2D eigenvalue weighted by atomic mass is 10.1. The van der Waals surface area contributed by atoms with Crippen LogP contribution in [-0.4, -0.2) is 28.7 Å².